The fourth-order valence-electron chi connectivity index (χ4n) is 2.84. The van der Waals surface area contributed by atoms with Gasteiger partial charge >= 0.3 is 0 Å². The molecule has 2 aromatic carbocycles. The predicted molar refractivity (Wildman–Crippen MR) is 110 cm³/mol. The highest BCUT2D eigenvalue weighted by Gasteiger charge is 2.18. The number of allylic oxidation sites excluding steroid dienone is 6. The van der Waals surface area contributed by atoms with Crippen molar-refractivity contribution in [2.45, 2.75) is 0 Å². The smallest absolute Gasteiger partial charge is 0.166 e. The molecular weight excluding hydrogens is 336 g/mol. The van der Waals surface area contributed by atoms with E-state index in [0.29, 0.717) is 0 Å². The van der Waals surface area contributed by atoms with Crippen molar-refractivity contribution in [1.29, 1.82) is 0 Å². The normalized spacial score (nSPS) is 17.4. The van der Waals surface area contributed by atoms with Gasteiger partial charge in [-0.1, -0.05) is 60.7 Å². The lowest BCUT2D eigenvalue weighted by molar-refractivity contribution is -0.115. The van der Waals surface area contributed by atoms with Crippen molar-refractivity contribution in [1.82, 2.24) is 0 Å². The molecule has 1 aliphatic rings. The Labute approximate surface area is 159 Å². The van der Waals surface area contributed by atoms with Gasteiger partial charge in [0.25, 0.3) is 0 Å². The Bertz CT molecular complexity index is 898. The highest BCUT2D eigenvalue weighted by Crippen LogP contribution is 2.24. The molecule has 0 saturated heterocycles. The van der Waals surface area contributed by atoms with Gasteiger partial charge in [-0.3, -0.25) is 4.79 Å². The monoisotopic (exact) mass is 358 g/mol. The van der Waals surface area contributed by atoms with E-state index in [1.54, 1.807) is 20.3 Å². The third-order valence-corrected chi connectivity index (χ3v) is 4.37. The van der Waals surface area contributed by atoms with Crippen LogP contribution in [-0.2, 0) is 4.79 Å². The van der Waals surface area contributed by atoms with Crippen LogP contribution < -0.4 is 9.47 Å². The van der Waals surface area contributed by atoms with Gasteiger partial charge in [-0.25, -0.2) is 0 Å². The Balaban J connectivity index is 1.76. The summed E-state index contributed by atoms with van der Waals surface area (Å²) in [6.07, 6.45) is 13.3. The highest BCUT2D eigenvalue weighted by molar-refractivity contribution is 5.99. The zero-order chi connectivity index (χ0) is 19.1. The van der Waals surface area contributed by atoms with Crippen molar-refractivity contribution < 1.29 is 14.3 Å². The summed E-state index contributed by atoms with van der Waals surface area (Å²) in [7, 11) is 3.28. The van der Waals surface area contributed by atoms with Gasteiger partial charge < -0.3 is 9.47 Å². The second-order valence-corrected chi connectivity index (χ2v) is 6.15. The van der Waals surface area contributed by atoms with Crippen molar-refractivity contribution in [3.63, 3.8) is 0 Å². The van der Waals surface area contributed by atoms with Crippen LogP contribution in [-0.4, -0.2) is 20.0 Å². The Morgan fingerprint density at radius 1 is 0.852 bits per heavy atom. The minimum Gasteiger partial charge on any atom is -0.497 e. The molecule has 3 nitrogen and oxygen atoms in total. The van der Waals surface area contributed by atoms with Crippen LogP contribution in [0.1, 0.15) is 11.1 Å². The van der Waals surface area contributed by atoms with E-state index < -0.39 is 0 Å². The molecule has 0 fully saturated rings. The summed E-state index contributed by atoms with van der Waals surface area (Å²) in [6.45, 7) is 0. The molecule has 1 unspecified atom stereocenters. The first kappa shape index (κ1) is 18.5. The summed E-state index contributed by atoms with van der Waals surface area (Å²) in [5.41, 5.74) is 2.95. The first-order valence-electron chi connectivity index (χ1n) is 8.76. The molecule has 0 aromatic heterocycles. The maximum atomic E-state index is 12.7. The Morgan fingerprint density at radius 3 is 2.04 bits per heavy atom. The summed E-state index contributed by atoms with van der Waals surface area (Å²) >= 11 is 0. The van der Waals surface area contributed by atoms with Gasteiger partial charge in [0.2, 0.25) is 0 Å². The second kappa shape index (κ2) is 8.86. The van der Waals surface area contributed by atoms with E-state index >= 15 is 0 Å². The third kappa shape index (κ3) is 4.85. The Kier molecular flexibility index (Phi) is 6.06. The average Bonchev–Trinajstić information content (AvgIpc) is 2.73. The molecule has 136 valence electrons. The third-order valence-electron chi connectivity index (χ3n) is 4.37. The highest BCUT2D eigenvalue weighted by atomic mass is 16.5. The SMILES string of the molecule is COc1ccc(C=CC(=O)C2C=CC=CC2=Cc2ccc(OC)cc2)cc1. The van der Waals surface area contributed by atoms with Gasteiger partial charge in [0.1, 0.15) is 11.5 Å². The Hall–Kier alpha value is -3.33. The largest absolute Gasteiger partial charge is 0.497 e. The van der Waals surface area contributed by atoms with E-state index in [1.165, 1.54) is 0 Å². The van der Waals surface area contributed by atoms with Crippen LogP contribution in [0, 0.1) is 5.92 Å². The van der Waals surface area contributed by atoms with Crippen molar-refractivity contribution >= 4 is 17.9 Å². The van der Waals surface area contributed by atoms with E-state index in [1.807, 2.05) is 85.0 Å². The van der Waals surface area contributed by atoms with E-state index in [9.17, 15) is 4.79 Å². The van der Waals surface area contributed by atoms with Crippen molar-refractivity contribution in [2.75, 3.05) is 14.2 Å². The molecule has 1 aliphatic carbocycles. The summed E-state index contributed by atoms with van der Waals surface area (Å²) in [4.78, 5) is 12.7. The molecule has 0 N–H and O–H groups in total. The molecular formula is C24H22O3. The van der Waals surface area contributed by atoms with Gasteiger partial charge in [-0.2, -0.15) is 0 Å². The quantitative estimate of drug-likeness (QED) is 0.673. The van der Waals surface area contributed by atoms with Crippen molar-refractivity contribution in [2.24, 2.45) is 5.92 Å². The number of ether oxygens (including phenoxy) is 2. The van der Waals surface area contributed by atoms with Crippen LogP contribution in [0.25, 0.3) is 12.2 Å². The molecule has 3 heteroatoms. The molecule has 27 heavy (non-hydrogen) atoms. The molecule has 2 aromatic rings. The number of ketones is 1. The van der Waals surface area contributed by atoms with Crippen LogP contribution in [0.5, 0.6) is 11.5 Å². The molecule has 0 radical (unpaired) electrons. The minimum atomic E-state index is -0.286. The summed E-state index contributed by atoms with van der Waals surface area (Å²) in [5.74, 6) is 1.37. The predicted octanol–water partition coefficient (Wildman–Crippen LogP) is 5.11. The number of hydrogen-bond donors (Lipinski definition) is 0. The number of carbonyl (C=O) groups is 1. The van der Waals surface area contributed by atoms with E-state index in [4.69, 9.17) is 9.47 Å². The van der Waals surface area contributed by atoms with Crippen LogP contribution in [0.15, 0.2) is 84.5 Å². The average molecular weight is 358 g/mol. The van der Waals surface area contributed by atoms with Crippen LogP contribution in [0.2, 0.25) is 0 Å². The fraction of sp³-hybridized carbons (Fsp3) is 0.125. The fourth-order valence-corrected chi connectivity index (χ4v) is 2.84. The number of rotatable bonds is 6. The van der Waals surface area contributed by atoms with Gasteiger partial charge in [0.05, 0.1) is 20.1 Å². The van der Waals surface area contributed by atoms with E-state index in [0.717, 1.165) is 28.2 Å². The molecule has 1 atom stereocenters. The molecule has 0 spiro atoms. The lowest BCUT2D eigenvalue weighted by Gasteiger charge is -2.14. The second-order valence-electron chi connectivity index (χ2n) is 6.15. The lowest BCUT2D eigenvalue weighted by Crippen LogP contribution is -2.12. The molecule has 0 amide bonds. The van der Waals surface area contributed by atoms with Crippen LogP contribution >= 0.6 is 0 Å². The Morgan fingerprint density at radius 2 is 1.44 bits per heavy atom. The summed E-state index contributed by atoms with van der Waals surface area (Å²) in [6, 6.07) is 15.4. The first-order valence-corrected chi connectivity index (χ1v) is 8.76. The van der Waals surface area contributed by atoms with Gasteiger partial charge in [0, 0.05) is 0 Å². The van der Waals surface area contributed by atoms with Gasteiger partial charge in [-0.15, -0.1) is 0 Å². The van der Waals surface area contributed by atoms with E-state index in [2.05, 4.69) is 0 Å². The number of methoxy groups -OCH3 is 2. The van der Waals surface area contributed by atoms with Crippen molar-refractivity contribution in [3.8, 4) is 11.5 Å². The first-order chi connectivity index (χ1) is 13.2. The molecule has 0 saturated carbocycles. The van der Waals surface area contributed by atoms with Gasteiger partial charge in [-0.05, 0) is 47.0 Å². The van der Waals surface area contributed by atoms with Gasteiger partial charge in [0.15, 0.2) is 5.78 Å². The zero-order valence-corrected chi connectivity index (χ0v) is 15.5. The maximum Gasteiger partial charge on any atom is 0.166 e. The standard InChI is InChI=1S/C24H22O3/c1-26-21-12-7-18(8-13-21)11-16-24(25)23-6-4-3-5-20(23)17-19-9-14-22(27-2)15-10-19/h3-17,23H,1-2H3. The van der Waals surface area contributed by atoms with Crippen LogP contribution in [0.4, 0.5) is 0 Å². The zero-order valence-electron chi connectivity index (χ0n) is 15.5. The molecule has 0 heterocycles. The van der Waals surface area contributed by atoms with E-state index in [-0.39, 0.29) is 11.7 Å². The number of benzene rings is 2. The number of carbonyl (C=O) groups excluding carboxylic acids is 1. The van der Waals surface area contributed by atoms with Crippen molar-refractivity contribution in [3.05, 3.63) is 95.6 Å². The lowest BCUT2D eigenvalue weighted by atomic mass is 9.89. The number of hydrogen-bond acceptors (Lipinski definition) is 3. The minimum absolute atomic E-state index is 0.0474. The summed E-state index contributed by atoms with van der Waals surface area (Å²) < 4.78 is 10.3. The molecule has 0 bridgehead atoms. The maximum absolute atomic E-state index is 12.7. The van der Waals surface area contributed by atoms with Crippen LogP contribution in [0.3, 0.4) is 0 Å². The summed E-state index contributed by atoms with van der Waals surface area (Å²) in [5, 5.41) is 0. The molecule has 0 aliphatic heterocycles. The molecule has 3 rings (SSSR count). The topological polar surface area (TPSA) is 35.5 Å².